The van der Waals surface area contributed by atoms with Crippen LogP contribution in [0.1, 0.15) is 37.8 Å². The molecule has 0 fully saturated rings. The molecule has 6 nitrogen and oxygen atoms in total. The zero-order chi connectivity index (χ0) is 27.3. The predicted molar refractivity (Wildman–Crippen MR) is 155 cm³/mol. The number of methoxy groups -OCH3 is 2. The van der Waals surface area contributed by atoms with E-state index in [2.05, 4.69) is 71.3 Å². The summed E-state index contributed by atoms with van der Waals surface area (Å²) in [6.07, 6.45) is 3.78. The molecular formula is C32H38N2O4. The Morgan fingerprint density at radius 1 is 0.632 bits per heavy atom. The molecular weight excluding hydrogens is 476 g/mol. The lowest BCUT2D eigenvalue weighted by atomic mass is 10.0. The molecule has 38 heavy (non-hydrogen) atoms. The van der Waals surface area contributed by atoms with E-state index in [0.717, 1.165) is 50.3 Å². The summed E-state index contributed by atoms with van der Waals surface area (Å²) in [4.78, 5) is 21.6. The van der Waals surface area contributed by atoms with Gasteiger partial charge in [-0.05, 0) is 82.6 Å². The third-order valence-electron chi connectivity index (χ3n) is 6.35. The molecule has 0 aromatic heterocycles. The SMILES string of the molecule is COc1ccc2cccc(CCCNC(C)=O)c2c1.COc1ccc2cccc(CCCNC(C)=O)c2c1. The number of carbonyl (C=O) groups is 2. The Labute approximate surface area is 225 Å². The highest BCUT2D eigenvalue weighted by Gasteiger charge is 2.04. The normalized spacial score (nSPS) is 10.4. The van der Waals surface area contributed by atoms with Crippen LogP contribution in [0.4, 0.5) is 0 Å². The van der Waals surface area contributed by atoms with E-state index >= 15 is 0 Å². The van der Waals surface area contributed by atoms with Gasteiger partial charge in [0.15, 0.2) is 0 Å². The van der Waals surface area contributed by atoms with Crippen molar-refractivity contribution in [2.24, 2.45) is 0 Å². The van der Waals surface area contributed by atoms with Gasteiger partial charge >= 0.3 is 0 Å². The first-order valence-corrected chi connectivity index (χ1v) is 13.0. The maximum Gasteiger partial charge on any atom is 0.216 e. The number of fused-ring (bicyclic) bond motifs is 2. The maximum absolute atomic E-state index is 10.8. The van der Waals surface area contributed by atoms with Crippen molar-refractivity contribution in [3.8, 4) is 11.5 Å². The first-order valence-electron chi connectivity index (χ1n) is 13.0. The molecule has 0 atom stereocenters. The van der Waals surface area contributed by atoms with Crippen molar-refractivity contribution in [3.05, 3.63) is 83.9 Å². The van der Waals surface area contributed by atoms with Crippen molar-refractivity contribution < 1.29 is 19.1 Å². The molecule has 0 radical (unpaired) electrons. The number of hydrogen-bond acceptors (Lipinski definition) is 4. The van der Waals surface area contributed by atoms with E-state index in [1.54, 1.807) is 28.1 Å². The molecule has 0 saturated heterocycles. The van der Waals surface area contributed by atoms with Gasteiger partial charge in [-0.15, -0.1) is 0 Å². The Morgan fingerprint density at radius 3 is 1.42 bits per heavy atom. The van der Waals surface area contributed by atoms with Gasteiger partial charge in [0.05, 0.1) is 14.2 Å². The van der Waals surface area contributed by atoms with Crippen LogP contribution < -0.4 is 20.1 Å². The second-order valence-electron chi connectivity index (χ2n) is 9.18. The van der Waals surface area contributed by atoms with Crippen LogP contribution in [0.15, 0.2) is 72.8 Å². The minimum absolute atomic E-state index is 0.0274. The van der Waals surface area contributed by atoms with E-state index in [1.807, 2.05) is 12.1 Å². The van der Waals surface area contributed by atoms with Gasteiger partial charge in [-0.3, -0.25) is 9.59 Å². The summed E-state index contributed by atoms with van der Waals surface area (Å²) < 4.78 is 10.6. The van der Waals surface area contributed by atoms with Crippen LogP contribution >= 0.6 is 0 Å². The number of carbonyl (C=O) groups excluding carboxylic acids is 2. The Hall–Kier alpha value is -4.06. The molecule has 0 bridgehead atoms. The molecule has 2 amide bonds. The van der Waals surface area contributed by atoms with Crippen molar-refractivity contribution in [1.29, 1.82) is 0 Å². The van der Waals surface area contributed by atoms with E-state index in [4.69, 9.17) is 9.47 Å². The number of rotatable bonds is 10. The van der Waals surface area contributed by atoms with E-state index in [1.165, 1.54) is 32.7 Å². The average Bonchev–Trinajstić information content (AvgIpc) is 2.93. The van der Waals surface area contributed by atoms with Crippen LogP contribution in [0.3, 0.4) is 0 Å². The lowest BCUT2D eigenvalue weighted by Crippen LogP contribution is -2.21. The van der Waals surface area contributed by atoms with E-state index < -0.39 is 0 Å². The summed E-state index contributed by atoms with van der Waals surface area (Å²) in [6.45, 7) is 4.52. The van der Waals surface area contributed by atoms with Gasteiger partial charge in [0.25, 0.3) is 0 Å². The van der Waals surface area contributed by atoms with Crippen molar-refractivity contribution in [2.75, 3.05) is 27.3 Å². The topological polar surface area (TPSA) is 76.7 Å². The highest BCUT2D eigenvalue weighted by molar-refractivity contribution is 5.88. The summed E-state index contributed by atoms with van der Waals surface area (Å²) in [5, 5.41) is 10.5. The first-order chi connectivity index (χ1) is 18.4. The standard InChI is InChI=1S/2C16H19NO2/c2*1-12(18)17-10-4-7-13-5-3-6-14-8-9-15(19-2)11-16(13)14/h2*3,5-6,8-9,11H,4,7,10H2,1-2H3,(H,17,18). The number of ether oxygens (including phenoxy) is 2. The number of nitrogens with one attached hydrogen (secondary N) is 2. The van der Waals surface area contributed by atoms with Crippen LogP contribution in [0.25, 0.3) is 21.5 Å². The maximum atomic E-state index is 10.8. The zero-order valence-electron chi connectivity index (χ0n) is 22.8. The Bertz CT molecular complexity index is 1260. The fraction of sp³-hybridized carbons (Fsp3) is 0.312. The summed E-state index contributed by atoms with van der Waals surface area (Å²) in [5.74, 6) is 1.81. The molecule has 0 saturated carbocycles. The monoisotopic (exact) mass is 514 g/mol. The zero-order valence-corrected chi connectivity index (χ0v) is 22.8. The van der Waals surface area contributed by atoms with Crippen LogP contribution in [-0.4, -0.2) is 39.1 Å². The van der Waals surface area contributed by atoms with Gasteiger partial charge in [-0.25, -0.2) is 0 Å². The van der Waals surface area contributed by atoms with E-state index in [0.29, 0.717) is 0 Å². The molecule has 0 heterocycles. The molecule has 0 spiro atoms. The first kappa shape index (κ1) is 28.5. The summed E-state index contributed by atoms with van der Waals surface area (Å²) in [5.41, 5.74) is 2.59. The number of amides is 2. The largest absolute Gasteiger partial charge is 0.497 e. The average molecular weight is 515 g/mol. The highest BCUT2D eigenvalue weighted by Crippen LogP contribution is 2.26. The smallest absolute Gasteiger partial charge is 0.216 e. The molecule has 200 valence electrons. The Kier molecular flexibility index (Phi) is 11.0. The van der Waals surface area contributed by atoms with Crippen LogP contribution in [0.2, 0.25) is 0 Å². The van der Waals surface area contributed by atoms with Gasteiger partial charge in [0.1, 0.15) is 11.5 Å². The number of hydrogen-bond donors (Lipinski definition) is 2. The quantitative estimate of drug-likeness (QED) is 0.261. The Balaban J connectivity index is 0.000000211. The van der Waals surface area contributed by atoms with E-state index in [9.17, 15) is 9.59 Å². The molecule has 0 unspecified atom stereocenters. The second kappa shape index (κ2) is 14.6. The Morgan fingerprint density at radius 2 is 1.05 bits per heavy atom. The minimum atomic E-state index is 0.0274. The summed E-state index contributed by atoms with van der Waals surface area (Å²) in [7, 11) is 3.36. The molecule has 4 rings (SSSR count). The second-order valence-corrected chi connectivity index (χ2v) is 9.18. The van der Waals surface area contributed by atoms with Gasteiger partial charge in [-0.2, -0.15) is 0 Å². The lowest BCUT2D eigenvalue weighted by molar-refractivity contribution is -0.119. The van der Waals surface area contributed by atoms with Crippen molar-refractivity contribution in [1.82, 2.24) is 10.6 Å². The van der Waals surface area contributed by atoms with Gasteiger partial charge in [0, 0.05) is 26.9 Å². The summed E-state index contributed by atoms with van der Waals surface area (Å²) >= 11 is 0. The molecule has 6 heteroatoms. The van der Waals surface area contributed by atoms with Gasteiger partial charge in [-0.1, -0.05) is 48.5 Å². The molecule has 2 N–H and O–H groups in total. The molecule has 4 aromatic carbocycles. The molecule has 0 aliphatic carbocycles. The fourth-order valence-corrected chi connectivity index (χ4v) is 4.41. The molecule has 0 aliphatic heterocycles. The van der Waals surface area contributed by atoms with Crippen LogP contribution in [0, 0.1) is 0 Å². The van der Waals surface area contributed by atoms with Gasteiger partial charge < -0.3 is 20.1 Å². The molecule has 0 aliphatic rings. The van der Waals surface area contributed by atoms with E-state index in [-0.39, 0.29) is 11.8 Å². The van der Waals surface area contributed by atoms with Crippen molar-refractivity contribution in [2.45, 2.75) is 39.5 Å². The van der Waals surface area contributed by atoms with Gasteiger partial charge in [0.2, 0.25) is 11.8 Å². The number of benzene rings is 4. The summed E-state index contributed by atoms with van der Waals surface area (Å²) in [6, 6.07) is 24.9. The third kappa shape index (κ3) is 8.51. The molecule has 4 aromatic rings. The van der Waals surface area contributed by atoms with Crippen LogP contribution in [-0.2, 0) is 22.4 Å². The minimum Gasteiger partial charge on any atom is -0.497 e. The lowest BCUT2D eigenvalue weighted by Gasteiger charge is -2.08. The van der Waals surface area contributed by atoms with Crippen molar-refractivity contribution in [3.63, 3.8) is 0 Å². The fourth-order valence-electron chi connectivity index (χ4n) is 4.41. The highest BCUT2D eigenvalue weighted by atomic mass is 16.5. The predicted octanol–water partition coefficient (Wildman–Crippen LogP) is 5.83. The third-order valence-corrected chi connectivity index (χ3v) is 6.35. The van der Waals surface area contributed by atoms with Crippen molar-refractivity contribution >= 4 is 33.4 Å². The van der Waals surface area contributed by atoms with Crippen LogP contribution in [0.5, 0.6) is 11.5 Å². The number of aryl methyl sites for hydroxylation is 2.